The smallest absolute Gasteiger partial charge is 0.0410 e. The summed E-state index contributed by atoms with van der Waals surface area (Å²) in [5, 5.41) is 2.46. The summed E-state index contributed by atoms with van der Waals surface area (Å²) >= 11 is 3.44. The highest BCUT2D eigenvalue weighted by Crippen LogP contribution is 2.25. The monoisotopic (exact) mass is 326 g/mol. The third-order valence-corrected chi connectivity index (χ3v) is 3.87. The lowest BCUT2D eigenvalue weighted by Gasteiger charge is -2.15. The Labute approximate surface area is 126 Å². The van der Waals surface area contributed by atoms with Gasteiger partial charge in [0.25, 0.3) is 0 Å². The molecule has 0 bridgehead atoms. The number of benzene rings is 2. The number of rotatable bonds is 3. The summed E-state index contributed by atoms with van der Waals surface area (Å²) in [7, 11) is 0. The molecule has 20 heavy (non-hydrogen) atoms. The highest BCUT2D eigenvalue weighted by Gasteiger charge is 2.10. The van der Waals surface area contributed by atoms with E-state index in [1.165, 1.54) is 16.3 Å². The van der Waals surface area contributed by atoms with E-state index in [0.29, 0.717) is 0 Å². The third kappa shape index (κ3) is 2.74. The van der Waals surface area contributed by atoms with Crippen LogP contribution in [0.15, 0.2) is 65.4 Å². The molecule has 0 aliphatic heterocycles. The van der Waals surface area contributed by atoms with Gasteiger partial charge in [-0.3, -0.25) is 4.98 Å². The lowest BCUT2D eigenvalue weighted by molar-refractivity contribution is 0.725. The van der Waals surface area contributed by atoms with Crippen LogP contribution in [0.5, 0.6) is 0 Å². The van der Waals surface area contributed by atoms with Gasteiger partial charge in [0.1, 0.15) is 0 Å². The van der Waals surface area contributed by atoms with Crippen molar-refractivity contribution in [1.82, 2.24) is 4.98 Å². The molecule has 2 N–H and O–H groups in total. The maximum Gasteiger partial charge on any atom is 0.0410 e. The molecule has 0 amide bonds. The van der Waals surface area contributed by atoms with E-state index in [2.05, 4.69) is 69.4 Å². The van der Waals surface area contributed by atoms with Crippen LogP contribution in [0.1, 0.15) is 17.2 Å². The molecule has 0 aliphatic carbocycles. The lowest BCUT2D eigenvalue weighted by atomic mass is 9.95. The average Bonchev–Trinajstić information content (AvgIpc) is 2.46. The Morgan fingerprint density at radius 1 is 1.05 bits per heavy atom. The van der Waals surface area contributed by atoms with E-state index in [-0.39, 0.29) is 6.04 Å². The van der Waals surface area contributed by atoms with E-state index in [1.807, 2.05) is 6.20 Å². The lowest BCUT2D eigenvalue weighted by Crippen LogP contribution is -2.13. The fourth-order valence-corrected chi connectivity index (χ4v) is 2.92. The second kappa shape index (κ2) is 5.73. The van der Waals surface area contributed by atoms with E-state index >= 15 is 0 Å². The van der Waals surface area contributed by atoms with E-state index < -0.39 is 0 Å². The molecule has 2 aromatic carbocycles. The quantitative estimate of drug-likeness (QED) is 0.781. The zero-order valence-corrected chi connectivity index (χ0v) is 12.5. The molecular formula is C17H15BrN2. The topological polar surface area (TPSA) is 38.9 Å². The predicted molar refractivity (Wildman–Crippen MR) is 86.5 cm³/mol. The first-order chi connectivity index (χ1) is 9.74. The summed E-state index contributed by atoms with van der Waals surface area (Å²) in [5.74, 6) is 0. The van der Waals surface area contributed by atoms with Crippen LogP contribution in [0.25, 0.3) is 10.8 Å². The molecule has 0 fully saturated rings. The van der Waals surface area contributed by atoms with Gasteiger partial charge in [-0.2, -0.15) is 0 Å². The van der Waals surface area contributed by atoms with Crippen LogP contribution in [0.2, 0.25) is 0 Å². The number of fused-ring (bicyclic) bond motifs is 1. The summed E-state index contributed by atoms with van der Waals surface area (Å²) in [4.78, 5) is 4.19. The Balaban J connectivity index is 1.94. The van der Waals surface area contributed by atoms with Gasteiger partial charge in [-0.1, -0.05) is 42.5 Å². The largest absolute Gasteiger partial charge is 0.324 e. The standard InChI is InChI=1S/C17H15BrN2/c18-14-8-12(10-20-11-14)9-17(19)16-7-3-5-13-4-1-2-6-15(13)16/h1-8,10-11,17H,9,19H2. The first kappa shape index (κ1) is 13.3. The number of hydrogen-bond donors (Lipinski definition) is 1. The van der Waals surface area contributed by atoms with Gasteiger partial charge in [0, 0.05) is 22.9 Å². The average molecular weight is 327 g/mol. The molecule has 3 heteroatoms. The fourth-order valence-electron chi connectivity index (χ4n) is 2.51. The Morgan fingerprint density at radius 3 is 2.70 bits per heavy atom. The zero-order valence-electron chi connectivity index (χ0n) is 11.0. The van der Waals surface area contributed by atoms with E-state index in [4.69, 9.17) is 5.73 Å². The minimum Gasteiger partial charge on any atom is -0.324 e. The Kier molecular flexibility index (Phi) is 3.81. The highest BCUT2D eigenvalue weighted by atomic mass is 79.9. The SMILES string of the molecule is NC(Cc1cncc(Br)c1)c1cccc2ccccc12. The van der Waals surface area contributed by atoms with Gasteiger partial charge in [0.05, 0.1) is 0 Å². The van der Waals surface area contributed by atoms with E-state index in [1.54, 1.807) is 6.20 Å². The number of pyridine rings is 1. The maximum absolute atomic E-state index is 6.40. The normalized spacial score (nSPS) is 12.5. The van der Waals surface area contributed by atoms with Crippen LogP contribution >= 0.6 is 15.9 Å². The molecule has 0 saturated heterocycles. The molecule has 1 atom stereocenters. The summed E-state index contributed by atoms with van der Waals surface area (Å²) in [6, 6.07) is 16.7. The number of aromatic nitrogens is 1. The van der Waals surface area contributed by atoms with Crippen LogP contribution in [0, 0.1) is 0 Å². The van der Waals surface area contributed by atoms with Crippen molar-refractivity contribution in [3.63, 3.8) is 0 Å². The number of halogens is 1. The second-order valence-electron chi connectivity index (χ2n) is 4.89. The van der Waals surface area contributed by atoms with Crippen LogP contribution in [-0.4, -0.2) is 4.98 Å². The van der Waals surface area contributed by atoms with Crippen molar-refractivity contribution in [2.24, 2.45) is 5.73 Å². The van der Waals surface area contributed by atoms with Crippen molar-refractivity contribution in [3.8, 4) is 0 Å². The maximum atomic E-state index is 6.40. The predicted octanol–water partition coefficient (Wildman–Crippen LogP) is 4.24. The van der Waals surface area contributed by atoms with Gasteiger partial charge in [0.2, 0.25) is 0 Å². The summed E-state index contributed by atoms with van der Waals surface area (Å²) in [5.41, 5.74) is 8.72. The number of hydrogen-bond acceptors (Lipinski definition) is 2. The van der Waals surface area contributed by atoms with Gasteiger partial charge in [-0.15, -0.1) is 0 Å². The Hall–Kier alpha value is -1.71. The summed E-state index contributed by atoms with van der Waals surface area (Å²) < 4.78 is 0.986. The summed E-state index contributed by atoms with van der Waals surface area (Å²) in [6.07, 6.45) is 4.43. The molecular weight excluding hydrogens is 312 g/mol. The minimum absolute atomic E-state index is 0.0304. The molecule has 3 aromatic rings. The van der Waals surface area contributed by atoms with Crippen LogP contribution in [-0.2, 0) is 6.42 Å². The second-order valence-corrected chi connectivity index (χ2v) is 5.81. The van der Waals surface area contributed by atoms with E-state index in [9.17, 15) is 0 Å². The first-order valence-electron chi connectivity index (χ1n) is 6.57. The molecule has 0 radical (unpaired) electrons. The van der Waals surface area contributed by atoms with Crippen molar-refractivity contribution in [3.05, 3.63) is 76.5 Å². The van der Waals surface area contributed by atoms with Gasteiger partial charge in [-0.05, 0) is 50.3 Å². The first-order valence-corrected chi connectivity index (χ1v) is 7.36. The van der Waals surface area contributed by atoms with Crippen molar-refractivity contribution in [2.75, 3.05) is 0 Å². The van der Waals surface area contributed by atoms with Gasteiger partial charge < -0.3 is 5.73 Å². The van der Waals surface area contributed by atoms with Crippen LogP contribution < -0.4 is 5.73 Å². The molecule has 0 aliphatic rings. The van der Waals surface area contributed by atoms with Crippen molar-refractivity contribution in [1.29, 1.82) is 0 Å². The molecule has 1 unspecified atom stereocenters. The summed E-state index contributed by atoms with van der Waals surface area (Å²) in [6.45, 7) is 0. The van der Waals surface area contributed by atoms with Gasteiger partial charge in [-0.25, -0.2) is 0 Å². The fraction of sp³-hybridized carbons (Fsp3) is 0.118. The molecule has 0 spiro atoms. The van der Waals surface area contributed by atoms with Gasteiger partial charge in [0.15, 0.2) is 0 Å². The highest BCUT2D eigenvalue weighted by molar-refractivity contribution is 9.10. The Morgan fingerprint density at radius 2 is 1.85 bits per heavy atom. The minimum atomic E-state index is -0.0304. The molecule has 0 saturated carbocycles. The molecule has 2 nitrogen and oxygen atoms in total. The Bertz CT molecular complexity index is 734. The van der Waals surface area contributed by atoms with Crippen LogP contribution in [0.4, 0.5) is 0 Å². The van der Waals surface area contributed by atoms with Crippen molar-refractivity contribution >= 4 is 26.7 Å². The van der Waals surface area contributed by atoms with Crippen molar-refractivity contribution in [2.45, 2.75) is 12.5 Å². The van der Waals surface area contributed by atoms with Gasteiger partial charge >= 0.3 is 0 Å². The van der Waals surface area contributed by atoms with Crippen LogP contribution in [0.3, 0.4) is 0 Å². The molecule has 3 rings (SSSR count). The van der Waals surface area contributed by atoms with E-state index in [0.717, 1.165) is 16.5 Å². The number of nitrogens with zero attached hydrogens (tertiary/aromatic N) is 1. The van der Waals surface area contributed by atoms with Crippen molar-refractivity contribution < 1.29 is 0 Å². The molecule has 1 aromatic heterocycles. The molecule has 100 valence electrons. The third-order valence-electron chi connectivity index (χ3n) is 3.44. The molecule has 1 heterocycles. The zero-order chi connectivity index (χ0) is 13.9. The number of nitrogens with two attached hydrogens (primary N) is 1.